The Kier molecular flexibility index (Phi) is 11.8. The largest absolute Gasteiger partial charge is 0.507 e. The Labute approximate surface area is 229 Å². The van der Waals surface area contributed by atoms with E-state index in [4.69, 9.17) is 13.9 Å². The van der Waals surface area contributed by atoms with Crippen molar-refractivity contribution in [1.29, 1.82) is 0 Å². The van der Waals surface area contributed by atoms with Gasteiger partial charge in [0, 0.05) is 23.8 Å². The molecule has 0 fully saturated rings. The van der Waals surface area contributed by atoms with Gasteiger partial charge in [-0.05, 0) is 49.9 Å². The molecule has 0 saturated heterocycles. The third-order valence-corrected chi connectivity index (χ3v) is 5.93. The van der Waals surface area contributed by atoms with E-state index in [0.717, 1.165) is 32.1 Å². The maximum atomic E-state index is 12.7. The maximum absolute atomic E-state index is 12.7. The molecule has 3 rings (SSSR count). The predicted octanol–water partition coefficient (Wildman–Crippen LogP) is 5.46. The van der Waals surface area contributed by atoms with Crippen molar-refractivity contribution in [3.05, 3.63) is 72.9 Å². The molecule has 0 spiro atoms. The van der Waals surface area contributed by atoms with Crippen LogP contribution in [0.2, 0.25) is 0 Å². The summed E-state index contributed by atoms with van der Waals surface area (Å²) < 4.78 is 17.4. The van der Waals surface area contributed by atoms with Crippen LogP contribution in [0.15, 0.2) is 51.7 Å². The fourth-order valence-electron chi connectivity index (χ4n) is 3.96. The van der Waals surface area contributed by atoms with Crippen LogP contribution in [0.4, 0.5) is 0 Å². The SMILES string of the molecule is O=c1cc(-c2ccc(OCCCCCCO[N+](=O)[O-])cc2)oc2cc(OCCCCCCO[N+](=O)[O-])cc(O)c12. The summed E-state index contributed by atoms with van der Waals surface area (Å²) in [6.45, 7) is 1.03. The first kappa shape index (κ1) is 30.0. The van der Waals surface area contributed by atoms with Gasteiger partial charge >= 0.3 is 0 Å². The zero-order valence-corrected chi connectivity index (χ0v) is 22.0. The highest BCUT2D eigenvalue weighted by Crippen LogP contribution is 2.31. The molecule has 0 radical (unpaired) electrons. The first-order valence-electron chi connectivity index (χ1n) is 13.0. The first-order chi connectivity index (χ1) is 19.3. The first-order valence-corrected chi connectivity index (χ1v) is 13.0. The van der Waals surface area contributed by atoms with Gasteiger partial charge in [0.2, 0.25) is 0 Å². The van der Waals surface area contributed by atoms with Crippen LogP contribution in [-0.2, 0) is 9.68 Å². The van der Waals surface area contributed by atoms with Gasteiger partial charge < -0.3 is 28.7 Å². The average Bonchev–Trinajstić information content (AvgIpc) is 2.91. The van der Waals surface area contributed by atoms with Crippen LogP contribution in [0.25, 0.3) is 22.3 Å². The molecule has 0 saturated carbocycles. The highest BCUT2D eigenvalue weighted by atomic mass is 17.0. The number of unbranched alkanes of at least 4 members (excludes halogenated alkanes) is 6. The number of aromatic hydroxyl groups is 1. The summed E-state index contributed by atoms with van der Waals surface area (Å²) in [6, 6.07) is 11.3. The lowest BCUT2D eigenvalue weighted by Gasteiger charge is -2.10. The van der Waals surface area contributed by atoms with E-state index in [-0.39, 0.29) is 35.4 Å². The van der Waals surface area contributed by atoms with Crippen molar-refractivity contribution in [3.63, 3.8) is 0 Å². The van der Waals surface area contributed by atoms with E-state index < -0.39 is 10.2 Å². The second kappa shape index (κ2) is 15.8. The van der Waals surface area contributed by atoms with Crippen LogP contribution in [0.3, 0.4) is 0 Å². The summed E-state index contributed by atoms with van der Waals surface area (Å²) in [5, 5.41) is 29.1. The van der Waals surface area contributed by atoms with E-state index in [0.29, 0.717) is 55.3 Å². The molecule has 40 heavy (non-hydrogen) atoms. The smallest absolute Gasteiger partial charge is 0.294 e. The standard InChI is InChI=1S/C27H32N2O11/c30-23-17-22(37-14-6-2-4-8-16-39-29(34)35)18-26-27(23)24(31)19-25(40-26)20-9-11-21(12-10-20)36-13-5-1-3-7-15-38-28(32)33/h9-12,17-19,30H,1-8,13-16H2. The summed E-state index contributed by atoms with van der Waals surface area (Å²) in [5.74, 6) is 1.10. The topological polar surface area (TPSA) is 174 Å². The molecular formula is C27H32N2O11. The Balaban J connectivity index is 1.51. The van der Waals surface area contributed by atoms with Gasteiger partial charge in [-0.3, -0.25) is 4.79 Å². The van der Waals surface area contributed by atoms with Crippen molar-refractivity contribution in [3.8, 4) is 28.6 Å². The fourth-order valence-corrected chi connectivity index (χ4v) is 3.96. The molecule has 0 unspecified atom stereocenters. The van der Waals surface area contributed by atoms with Crippen molar-refractivity contribution in [1.82, 2.24) is 0 Å². The lowest BCUT2D eigenvalue weighted by atomic mass is 10.1. The summed E-state index contributed by atoms with van der Waals surface area (Å²) in [4.78, 5) is 41.5. The van der Waals surface area contributed by atoms with Gasteiger partial charge in [0.05, 0.1) is 26.4 Å². The number of ether oxygens (including phenoxy) is 2. The molecule has 3 aromatic rings. The van der Waals surface area contributed by atoms with Crippen molar-refractivity contribution in [2.45, 2.75) is 51.4 Å². The number of benzene rings is 2. The third-order valence-electron chi connectivity index (χ3n) is 5.93. The number of hydrogen-bond acceptors (Lipinski definition) is 11. The molecule has 216 valence electrons. The number of hydrogen-bond donors (Lipinski definition) is 1. The van der Waals surface area contributed by atoms with Crippen molar-refractivity contribution in [2.75, 3.05) is 26.4 Å². The number of nitrogens with zero attached hydrogens (tertiary/aromatic N) is 2. The van der Waals surface area contributed by atoms with E-state index in [1.165, 1.54) is 12.1 Å². The molecule has 13 nitrogen and oxygen atoms in total. The van der Waals surface area contributed by atoms with Gasteiger partial charge in [-0.15, -0.1) is 20.2 Å². The number of rotatable bonds is 19. The molecule has 2 aromatic carbocycles. The highest BCUT2D eigenvalue weighted by Gasteiger charge is 2.13. The molecule has 1 aromatic heterocycles. The maximum Gasteiger partial charge on any atom is 0.294 e. The molecule has 0 atom stereocenters. The third kappa shape index (κ3) is 9.97. The second-order valence-corrected chi connectivity index (χ2v) is 8.95. The highest BCUT2D eigenvalue weighted by molar-refractivity contribution is 5.86. The number of phenols is 1. The number of fused-ring (bicyclic) bond motifs is 1. The monoisotopic (exact) mass is 560 g/mol. The summed E-state index contributed by atoms with van der Waals surface area (Å²) in [6.07, 6.45) is 5.91. The molecular weight excluding hydrogens is 528 g/mol. The molecule has 0 bridgehead atoms. The molecule has 0 aliphatic heterocycles. The number of phenolic OH excluding ortho intramolecular Hbond substituents is 1. The van der Waals surface area contributed by atoms with Crippen LogP contribution in [0, 0.1) is 20.2 Å². The Morgan fingerprint density at radius 3 is 1.77 bits per heavy atom. The van der Waals surface area contributed by atoms with Crippen LogP contribution >= 0.6 is 0 Å². The van der Waals surface area contributed by atoms with Crippen molar-refractivity contribution < 1.29 is 38.8 Å². The lowest BCUT2D eigenvalue weighted by molar-refractivity contribution is -0.757. The van der Waals surface area contributed by atoms with Gasteiger partial charge in [0.15, 0.2) is 5.43 Å². The molecule has 1 heterocycles. The second-order valence-electron chi connectivity index (χ2n) is 8.95. The van der Waals surface area contributed by atoms with Crippen LogP contribution in [0.1, 0.15) is 51.4 Å². The van der Waals surface area contributed by atoms with Crippen LogP contribution < -0.4 is 14.9 Å². The molecule has 0 aliphatic carbocycles. The molecule has 0 aliphatic rings. The zero-order chi connectivity index (χ0) is 28.7. The Hall–Kier alpha value is -4.55. The van der Waals surface area contributed by atoms with E-state index in [2.05, 4.69) is 9.68 Å². The van der Waals surface area contributed by atoms with E-state index in [1.54, 1.807) is 30.3 Å². The Morgan fingerprint density at radius 2 is 1.23 bits per heavy atom. The minimum absolute atomic E-state index is 0.0618. The predicted molar refractivity (Wildman–Crippen MR) is 143 cm³/mol. The van der Waals surface area contributed by atoms with Gasteiger partial charge in [-0.1, -0.05) is 25.7 Å². The molecule has 13 heteroatoms. The van der Waals surface area contributed by atoms with Crippen molar-refractivity contribution >= 4 is 11.0 Å². The fraction of sp³-hybridized carbons (Fsp3) is 0.444. The minimum atomic E-state index is -0.807. The van der Waals surface area contributed by atoms with Gasteiger partial charge in [0.25, 0.3) is 10.2 Å². The van der Waals surface area contributed by atoms with Gasteiger partial charge in [0.1, 0.15) is 34.0 Å². The average molecular weight is 561 g/mol. The van der Waals surface area contributed by atoms with E-state index >= 15 is 0 Å². The quantitative estimate of drug-likeness (QED) is 0.112. The Morgan fingerprint density at radius 1 is 0.700 bits per heavy atom. The minimum Gasteiger partial charge on any atom is -0.507 e. The summed E-state index contributed by atoms with van der Waals surface area (Å²) in [7, 11) is 0. The van der Waals surface area contributed by atoms with Crippen LogP contribution in [-0.4, -0.2) is 41.7 Å². The normalized spacial score (nSPS) is 10.8. The van der Waals surface area contributed by atoms with Gasteiger partial charge in [-0.25, -0.2) is 0 Å². The van der Waals surface area contributed by atoms with Gasteiger partial charge in [-0.2, -0.15) is 0 Å². The lowest BCUT2D eigenvalue weighted by Crippen LogP contribution is -2.03. The van der Waals surface area contributed by atoms with Crippen LogP contribution in [0.5, 0.6) is 17.2 Å². The summed E-state index contributed by atoms with van der Waals surface area (Å²) in [5.41, 5.74) is 0.462. The van der Waals surface area contributed by atoms with Crippen molar-refractivity contribution in [2.24, 2.45) is 0 Å². The molecule has 0 amide bonds. The zero-order valence-electron chi connectivity index (χ0n) is 22.0. The van der Waals surface area contributed by atoms with E-state index in [9.17, 15) is 30.1 Å². The summed E-state index contributed by atoms with van der Waals surface area (Å²) >= 11 is 0. The van der Waals surface area contributed by atoms with E-state index in [1.807, 2.05) is 0 Å². The molecule has 1 N–H and O–H groups in total. The Bertz CT molecular complexity index is 1310.